The molecule has 0 unspecified atom stereocenters. The Labute approximate surface area is 164 Å². The molecule has 0 radical (unpaired) electrons. The Kier molecular flexibility index (Phi) is 6.04. The smallest absolute Gasteiger partial charge is 0.291 e. The molecule has 0 bridgehead atoms. The summed E-state index contributed by atoms with van der Waals surface area (Å²) in [4.78, 5) is 12.3. The van der Waals surface area contributed by atoms with Crippen LogP contribution < -0.4 is 15.2 Å². The summed E-state index contributed by atoms with van der Waals surface area (Å²) in [5.41, 5.74) is -0.0286. The number of amides is 1. The van der Waals surface area contributed by atoms with Crippen molar-refractivity contribution in [2.75, 3.05) is 5.32 Å². The van der Waals surface area contributed by atoms with Crippen LogP contribution in [0.3, 0.4) is 0 Å². The fraction of sp³-hybridized carbons (Fsp3) is 0.353. The fourth-order valence-corrected chi connectivity index (χ4v) is 4.64. The minimum absolute atomic E-state index is 0.0927. The Bertz CT molecular complexity index is 1100. The van der Waals surface area contributed by atoms with Crippen LogP contribution in [0.4, 0.5) is 5.69 Å². The van der Waals surface area contributed by atoms with E-state index in [-0.39, 0.29) is 16.3 Å². The lowest BCUT2D eigenvalue weighted by Crippen LogP contribution is -2.40. The lowest BCUT2D eigenvalue weighted by Gasteiger charge is -2.18. The second-order valence-electron chi connectivity index (χ2n) is 7.15. The molecule has 0 spiro atoms. The number of furan rings is 1. The number of sulfonamides is 2. The SMILES string of the molecule is CCc1ccc(NC(=O)c2ccc(S(=O)(=O)NC(C)(C)C)o2)cc1S(N)(=O)=O. The van der Waals surface area contributed by atoms with E-state index in [1.165, 1.54) is 24.3 Å². The number of anilines is 1. The molecular weight excluding hydrogens is 406 g/mol. The molecule has 0 saturated carbocycles. The van der Waals surface area contributed by atoms with Gasteiger partial charge in [0.1, 0.15) is 0 Å². The lowest BCUT2D eigenvalue weighted by molar-refractivity contribution is 0.0991. The number of carbonyl (C=O) groups is 1. The second kappa shape index (κ2) is 7.66. The number of nitrogens with two attached hydrogens (primary N) is 1. The van der Waals surface area contributed by atoms with E-state index in [4.69, 9.17) is 9.56 Å². The van der Waals surface area contributed by atoms with Crippen LogP contribution in [-0.2, 0) is 26.5 Å². The van der Waals surface area contributed by atoms with Crippen LogP contribution in [-0.4, -0.2) is 28.3 Å². The van der Waals surface area contributed by atoms with Crippen molar-refractivity contribution in [3.8, 4) is 0 Å². The van der Waals surface area contributed by atoms with E-state index in [2.05, 4.69) is 10.0 Å². The molecular formula is C17H23N3O6S2. The van der Waals surface area contributed by atoms with Crippen molar-refractivity contribution < 1.29 is 26.0 Å². The normalized spacial score (nSPS) is 12.8. The summed E-state index contributed by atoms with van der Waals surface area (Å²) in [6, 6.07) is 6.69. The van der Waals surface area contributed by atoms with E-state index in [1.54, 1.807) is 33.8 Å². The van der Waals surface area contributed by atoms with Crippen molar-refractivity contribution in [2.45, 2.75) is 49.6 Å². The molecule has 0 atom stereocenters. The van der Waals surface area contributed by atoms with E-state index in [0.717, 1.165) is 0 Å². The summed E-state index contributed by atoms with van der Waals surface area (Å²) >= 11 is 0. The molecule has 1 amide bonds. The summed E-state index contributed by atoms with van der Waals surface area (Å²) in [6.45, 7) is 6.79. The number of hydrogen-bond donors (Lipinski definition) is 3. The minimum atomic E-state index is -3.96. The van der Waals surface area contributed by atoms with E-state index in [9.17, 15) is 21.6 Å². The lowest BCUT2D eigenvalue weighted by atomic mass is 10.1. The molecule has 11 heteroatoms. The molecule has 2 aromatic rings. The van der Waals surface area contributed by atoms with Crippen LogP contribution in [0.25, 0.3) is 0 Å². The average Bonchev–Trinajstić information content (AvgIpc) is 3.02. The molecule has 0 saturated heterocycles. The zero-order valence-corrected chi connectivity index (χ0v) is 17.6. The van der Waals surface area contributed by atoms with Gasteiger partial charge < -0.3 is 9.73 Å². The summed E-state index contributed by atoms with van der Waals surface area (Å²) in [7, 11) is -7.89. The van der Waals surface area contributed by atoms with Gasteiger partial charge in [-0.2, -0.15) is 0 Å². The van der Waals surface area contributed by atoms with Gasteiger partial charge in [0.15, 0.2) is 5.76 Å². The molecule has 1 heterocycles. The summed E-state index contributed by atoms with van der Waals surface area (Å²) in [6.07, 6.45) is 0.445. The van der Waals surface area contributed by atoms with Gasteiger partial charge in [-0.15, -0.1) is 0 Å². The predicted octanol–water partition coefficient (Wildman–Crippen LogP) is 1.82. The maximum absolute atomic E-state index is 12.4. The largest absolute Gasteiger partial charge is 0.438 e. The van der Waals surface area contributed by atoms with Crippen molar-refractivity contribution in [1.82, 2.24) is 4.72 Å². The monoisotopic (exact) mass is 429 g/mol. The number of aryl methyl sites for hydroxylation is 1. The Morgan fingerprint density at radius 2 is 1.75 bits per heavy atom. The van der Waals surface area contributed by atoms with Gasteiger partial charge in [0.05, 0.1) is 4.90 Å². The van der Waals surface area contributed by atoms with E-state index in [0.29, 0.717) is 12.0 Å². The summed E-state index contributed by atoms with van der Waals surface area (Å²) < 4.78 is 55.5. The molecule has 0 aliphatic carbocycles. The molecule has 4 N–H and O–H groups in total. The molecule has 9 nitrogen and oxygen atoms in total. The summed E-state index contributed by atoms with van der Waals surface area (Å²) in [5.74, 6) is -0.979. The molecule has 28 heavy (non-hydrogen) atoms. The highest BCUT2D eigenvalue weighted by molar-refractivity contribution is 7.89. The standard InChI is InChI=1S/C17H23N3O6S2/c1-5-11-6-7-12(10-14(11)27(18,22)23)19-16(21)13-8-9-15(26-13)28(24,25)20-17(2,3)4/h6-10,20H,5H2,1-4H3,(H,19,21)(H2,18,22,23). The maximum Gasteiger partial charge on any atom is 0.291 e. The van der Waals surface area contributed by atoms with Gasteiger partial charge in [-0.25, -0.2) is 26.7 Å². The fourth-order valence-electron chi connectivity index (χ4n) is 2.42. The first-order chi connectivity index (χ1) is 12.7. The molecule has 1 aromatic heterocycles. The first-order valence-electron chi connectivity index (χ1n) is 8.34. The topological polar surface area (TPSA) is 149 Å². The third-order valence-electron chi connectivity index (χ3n) is 3.52. The Morgan fingerprint density at radius 3 is 2.29 bits per heavy atom. The number of benzene rings is 1. The van der Waals surface area contributed by atoms with Crippen molar-refractivity contribution in [2.24, 2.45) is 5.14 Å². The molecule has 2 rings (SSSR count). The van der Waals surface area contributed by atoms with Crippen molar-refractivity contribution in [3.63, 3.8) is 0 Å². The van der Waals surface area contributed by atoms with E-state index in [1.807, 2.05) is 0 Å². The molecule has 1 aromatic carbocycles. The highest BCUT2D eigenvalue weighted by Gasteiger charge is 2.26. The maximum atomic E-state index is 12.4. The Balaban J connectivity index is 2.27. The van der Waals surface area contributed by atoms with Crippen molar-refractivity contribution in [3.05, 3.63) is 41.7 Å². The van der Waals surface area contributed by atoms with Gasteiger partial charge in [0.25, 0.3) is 15.9 Å². The third kappa shape index (κ3) is 5.41. The van der Waals surface area contributed by atoms with E-state index >= 15 is 0 Å². The first kappa shape index (κ1) is 22.1. The number of primary sulfonamides is 1. The Hall–Kier alpha value is -2.21. The highest BCUT2D eigenvalue weighted by Crippen LogP contribution is 2.22. The van der Waals surface area contributed by atoms with Gasteiger partial charge in [-0.3, -0.25) is 4.79 Å². The van der Waals surface area contributed by atoms with Gasteiger partial charge >= 0.3 is 0 Å². The first-order valence-corrected chi connectivity index (χ1v) is 11.4. The molecule has 154 valence electrons. The minimum Gasteiger partial charge on any atom is -0.438 e. The molecule has 0 fully saturated rings. The third-order valence-corrected chi connectivity index (χ3v) is 6.15. The van der Waals surface area contributed by atoms with Gasteiger partial charge in [0.2, 0.25) is 15.1 Å². The molecule has 0 aliphatic heterocycles. The van der Waals surface area contributed by atoms with Gasteiger partial charge in [-0.1, -0.05) is 13.0 Å². The van der Waals surface area contributed by atoms with Crippen molar-refractivity contribution in [1.29, 1.82) is 0 Å². The zero-order chi connectivity index (χ0) is 21.3. The van der Waals surface area contributed by atoms with E-state index < -0.39 is 36.6 Å². The van der Waals surface area contributed by atoms with Crippen LogP contribution in [0.1, 0.15) is 43.8 Å². The predicted molar refractivity (Wildman–Crippen MR) is 104 cm³/mol. The molecule has 0 aliphatic rings. The van der Waals surface area contributed by atoms with Crippen molar-refractivity contribution >= 4 is 31.6 Å². The highest BCUT2D eigenvalue weighted by atomic mass is 32.2. The van der Waals surface area contributed by atoms with Crippen LogP contribution in [0.15, 0.2) is 44.7 Å². The number of hydrogen-bond acceptors (Lipinski definition) is 6. The average molecular weight is 430 g/mol. The number of nitrogens with one attached hydrogen (secondary N) is 2. The van der Waals surface area contributed by atoms with Crippen LogP contribution >= 0.6 is 0 Å². The quantitative estimate of drug-likeness (QED) is 0.638. The van der Waals surface area contributed by atoms with Gasteiger partial charge in [-0.05, 0) is 57.0 Å². The second-order valence-corrected chi connectivity index (χ2v) is 10.3. The number of rotatable bonds is 6. The van der Waals surface area contributed by atoms with Gasteiger partial charge in [0, 0.05) is 11.2 Å². The van der Waals surface area contributed by atoms with Crippen LogP contribution in [0.2, 0.25) is 0 Å². The van der Waals surface area contributed by atoms with Crippen LogP contribution in [0.5, 0.6) is 0 Å². The number of carbonyl (C=O) groups excluding carboxylic acids is 1. The van der Waals surface area contributed by atoms with Crippen LogP contribution in [0, 0.1) is 0 Å². The zero-order valence-electron chi connectivity index (χ0n) is 15.9. The summed E-state index contributed by atoms with van der Waals surface area (Å²) in [5, 5.41) is 7.28. The Morgan fingerprint density at radius 1 is 1.11 bits per heavy atom.